The fourth-order valence-corrected chi connectivity index (χ4v) is 4.77. The normalized spacial score (nSPS) is 19.5. The molecule has 1 heterocycles. The third-order valence-corrected chi connectivity index (χ3v) is 7.56. The second kappa shape index (κ2) is 16.7. The summed E-state index contributed by atoms with van der Waals surface area (Å²) in [6, 6.07) is 8.13. The zero-order chi connectivity index (χ0) is 27.2. The van der Waals surface area contributed by atoms with Crippen LogP contribution < -0.4 is 5.32 Å². The van der Waals surface area contributed by atoms with Crippen LogP contribution in [0.4, 0.5) is 5.69 Å². The number of carbonyl (C=O) groups excluding carboxylic acids is 1. The third-order valence-electron chi connectivity index (χ3n) is 6.48. The molecule has 1 aliphatic rings. The standard InChI is InChI=1S/C25H39N5O5S2/c1-3-27-8-9-28(18-23(32)33)10-11-29(19-24(34)35)12-13-30(14-15-31)22(17-27)16-20-4-6-21(7-5-20)26-25(36)37-2/h4-7,15,22H,3,8-14,16-19H2,1-2H3,(H,26,36)(H,32,33)(H,34,35). The van der Waals surface area contributed by atoms with E-state index in [1.807, 2.05) is 28.2 Å². The van der Waals surface area contributed by atoms with Crippen LogP contribution in [0.3, 0.4) is 0 Å². The van der Waals surface area contributed by atoms with E-state index in [4.69, 9.17) is 12.2 Å². The second-order valence-electron chi connectivity index (χ2n) is 9.07. The molecule has 0 saturated carbocycles. The molecule has 0 aromatic heterocycles. The summed E-state index contributed by atoms with van der Waals surface area (Å²) in [6.45, 7) is 6.80. The Kier molecular flexibility index (Phi) is 14.0. The highest BCUT2D eigenvalue weighted by atomic mass is 32.2. The zero-order valence-electron chi connectivity index (χ0n) is 21.7. The van der Waals surface area contributed by atoms with Crippen molar-refractivity contribution in [1.29, 1.82) is 0 Å². The molecular formula is C25H39N5O5S2. The molecular weight excluding hydrogens is 514 g/mol. The molecule has 1 saturated heterocycles. The summed E-state index contributed by atoms with van der Waals surface area (Å²) in [5.74, 6) is -1.83. The number of likely N-dealkylation sites (N-methyl/N-ethyl adjacent to an activating group) is 1. The quantitative estimate of drug-likeness (QED) is 0.286. The van der Waals surface area contributed by atoms with Gasteiger partial charge in [0.2, 0.25) is 0 Å². The predicted molar refractivity (Wildman–Crippen MR) is 152 cm³/mol. The molecule has 206 valence electrons. The Hall–Kier alpha value is -2.09. The van der Waals surface area contributed by atoms with Crippen molar-refractivity contribution in [3.8, 4) is 0 Å². The molecule has 0 bridgehead atoms. The number of anilines is 1. The summed E-state index contributed by atoms with van der Waals surface area (Å²) in [6.07, 6.45) is 3.55. The fraction of sp³-hybridized carbons (Fsp3) is 0.600. The molecule has 1 atom stereocenters. The lowest BCUT2D eigenvalue weighted by molar-refractivity contribution is -0.140. The molecule has 1 unspecified atom stereocenters. The van der Waals surface area contributed by atoms with Crippen molar-refractivity contribution in [2.75, 3.05) is 83.6 Å². The van der Waals surface area contributed by atoms with E-state index in [1.54, 1.807) is 0 Å². The molecule has 37 heavy (non-hydrogen) atoms. The minimum atomic E-state index is -0.929. The Morgan fingerprint density at radius 2 is 1.54 bits per heavy atom. The Morgan fingerprint density at radius 1 is 1.00 bits per heavy atom. The van der Waals surface area contributed by atoms with Gasteiger partial charge in [0, 0.05) is 57.5 Å². The van der Waals surface area contributed by atoms with Gasteiger partial charge in [-0.05, 0) is 36.9 Å². The summed E-state index contributed by atoms with van der Waals surface area (Å²) in [5, 5.41) is 21.9. The van der Waals surface area contributed by atoms with Gasteiger partial charge in [0.25, 0.3) is 0 Å². The molecule has 0 aliphatic carbocycles. The number of rotatable bonds is 10. The smallest absolute Gasteiger partial charge is 0.317 e. The number of thioether (sulfide) groups is 1. The zero-order valence-corrected chi connectivity index (χ0v) is 23.3. The van der Waals surface area contributed by atoms with Crippen LogP contribution in [0.1, 0.15) is 12.5 Å². The largest absolute Gasteiger partial charge is 0.480 e. The topological polar surface area (TPSA) is 117 Å². The molecule has 0 spiro atoms. The number of nitrogens with one attached hydrogen (secondary N) is 1. The predicted octanol–water partition coefficient (Wildman–Crippen LogP) is 1.27. The van der Waals surface area contributed by atoms with Crippen molar-refractivity contribution >= 4 is 52.2 Å². The SMILES string of the molecule is CCN1CCN(CC(=O)O)CCN(CC(=O)O)CCN(CC=O)C(Cc2ccc(NC(=S)SC)cc2)C1. The fourth-order valence-electron chi connectivity index (χ4n) is 4.43. The number of benzene rings is 1. The van der Waals surface area contributed by atoms with Gasteiger partial charge >= 0.3 is 11.9 Å². The summed E-state index contributed by atoms with van der Waals surface area (Å²) in [4.78, 5) is 42.6. The maximum atomic E-state index is 11.6. The van der Waals surface area contributed by atoms with Crippen LogP contribution in [0.2, 0.25) is 0 Å². The Bertz CT molecular complexity index is 889. The number of carbonyl (C=O) groups is 3. The molecule has 1 fully saturated rings. The van der Waals surface area contributed by atoms with E-state index < -0.39 is 11.9 Å². The van der Waals surface area contributed by atoms with Gasteiger partial charge in [-0.2, -0.15) is 0 Å². The first kappa shape index (κ1) is 31.1. The van der Waals surface area contributed by atoms with Crippen molar-refractivity contribution in [2.45, 2.75) is 19.4 Å². The van der Waals surface area contributed by atoms with Crippen molar-refractivity contribution in [1.82, 2.24) is 19.6 Å². The molecule has 10 nitrogen and oxygen atoms in total. The minimum Gasteiger partial charge on any atom is -0.480 e. The first-order valence-corrected chi connectivity index (χ1v) is 14.1. The van der Waals surface area contributed by atoms with Crippen LogP contribution in [-0.4, -0.2) is 137 Å². The Morgan fingerprint density at radius 3 is 2.03 bits per heavy atom. The average Bonchev–Trinajstić information content (AvgIpc) is 2.85. The average molecular weight is 554 g/mol. The lowest BCUT2D eigenvalue weighted by Gasteiger charge is -2.37. The van der Waals surface area contributed by atoms with Gasteiger partial charge in [-0.25, -0.2) is 0 Å². The van der Waals surface area contributed by atoms with Gasteiger partial charge < -0.3 is 25.2 Å². The monoisotopic (exact) mass is 553 g/mol. The van der Waals surface area contributed by atoms with Crippen LogP contribution in [0.5, 0.6) is 0 Å². The third kappa shape index (κ3) is 11.9. The van der Waals surface area contributed by atoms with Crippen molar-refractivity contribution in [3.63, 3.8) is 0 Å². The number of thiocarbonyl (C=S) groups is 1. The molecule has 1 aromatic carbocycles. The first-order chi connectivity index (χ1) is 17.7. The highest BCUT2D eigenvalue weighted by Crippen LogP contribution is 2.16. The van der Waals surface area contributed by atoms with Crippen molar-refractivity contribution in [3.05, 3.63) is 29.8 Å². The summed E-state index contributed by atoms with van der Waals surface area (Å²) < 4.78 is 0.700. The van der Waals surface area contributed by atoms with E-state index in [9.17, 15) is 24.6 Å². The van der Waals surface area contributed by atoms with Crippen LogP contribution >= 0.6 is 24.0 Å². The van der Waals surface area contributed by atoms with E-state index in [0.717, 1.165) is 30.5 Å². The van der Waals surface area contributed by atoms with Gasteiger partial charge in [0.1, 0.15) is 10.6 Å². The van der Waals surface area contributed by atoms with Gasteiger partial charge in [-0.1, -0.05) is 31.3 Å². The Balaban J connectivity index is 2.27. The molecule has 12 heteroatoms. The number of aliphatic carboxylic acids is 2. The van der Waals surface area contributed by atoms with Gasteiger partial charge in [-0.15, -0.1) is 11.8 Å². The molecule has 2 rings (SSSR count). The number of aldehydes is 1. The minimum absolute atomic E-state index is 0.0234. The van der Waals surface area contributed by atoms with Crippen molar-refractivity contribution < 1.29 is 24.6 Å². The van der Waals surface area contributed by atoms with E-state index in [1.165, 1.54) is 11.8 Å². The summed E-state index contributed by atoms with van der Waals surface area (Å²) >= 11 is 6.72. The molecule has 0 radical (unpaired) electrons. The Labute approximate surface area is 229 Å². The van der Waals surface area contributed by atoms with E-state index in [2.05, 4.69) is 34.2 Å². The van der Waals surface area contributed by atoms with Crippen molar-refractivity contribution in [2.24, 2.45) is 0 Å². The van der Waals surface area contributed by atoms with Gasteiger partial charge in [0.05, 0.1) is 19.6 Å². The highest BCUT2D eigenvalue weighted by Gasteiger charge is 2.24. The highest BCUT2D eigenvalue weighted by molar-refractivity contribution is 8.22. The van der Waals surface area contributed by atoms with Crippen LogP contribution in [0.15, 0.2) is 24.3 Å². The van der Waals surface area contributed by atoms with Crippen LogP contribution in [0.25, 0.3) is 0 Å². The van der Waals surface area contributed by atoms with Gasteiger partial charge in [0.15, 0.2) is 0 Å². The summed E-state index contributed by atoms with van der Waals surface area (Å²) in [5.41, 5.74) is 2.05. The number of hydrogen-bond donors (Lipinski definition) is 3. The van der Waals surface area contributed by atoms with Crippen LogP contribution in [0, 0.1) is 0 Å². The number of hydrogen-bond acceptors (Lipinski definition) is 9. The van der Waals surface area contributed by atoms with E-state index >= 15 is 0 Å². The van der Waals surface area contributed by atoms with Gasteiger partial charge in [-0.3, -0.25) is 24.3 Å². The molecule has 0 amide bonds. The lowest BCUT2D eigenvalue weighted by Crippen LogP contribution is -2.52. The number of carboxylic acid groups (broad SMARTS) is 2. The number of carboxylic acids is 2. The van der Waals surface area contributed by atoms with Crippen LogP contribution in [-0.2, 0) is 20.8 Å². The maximum absolute atomic E-state index is 11.6. The number of nitrogens with zero attached hydrogens (tertiary/aromatic N) is 4. The molecule has 3 N–H and O–H groups in total. The summed E-state index contributed by atoms with van der Waals surface area (Å²) in [7, 11) is 0. The van der Waals surface area contributed by atoms with E-state index in [0.29, 0.717) is 50.1 Å². The maximum Gasteiger partial charge on any atom is 0.317 e. The molecule has 1 aliphatic heterocycles. The second-order valence-corrected chi connectivity index (χ2v) is 10.5. The molecule has 1 aromatic rings. The van der Waals surface area contributed by atoms with E-state index in [-0.39, 0.29) is 25.7 Å². The first-order valence-electron chi connectivity index (χ1n) is 12.5. The lowest BCUT2D eigenvalue weighted by atomic mass is 10.0.